The summed E-state index contributed by atoms with van der Waals surface area (Å²) in [5.41, 5.74) is 10.0. The van der Waals surface area contributed by atoms with E-state index in [4.69, 9.17) is 16.2 Å². The number of urea groups is 1. The van der Waals surface area contributed by atoms with Gasteiger partial charge in [0.05, 0.1) is 6.42 Å². The van der Waals surface area contributed by atoms with Gasteiger partial charge in [0.1, 0.15) is 6.04 Å². The molecule has 0 spiro atoms. The summed E-state index contributed by atoms with van der Waals surface area (Å²) in [5, 5.41) is 18.1. The van der Waals surface area contributed by atoms with Crippen molar-refractivity contribution in [2.75, 3.05) is 0 Å². The van der Waals surface area contributed by atoms with Gasteiger partial charge in [-0.25, -0.2) is 10.2 Å². The highest BCUT2D eigenvalue weighted by atomic mass is 16.4. The monoisotopic (exact) mass is 335 g/mol. The molecule has 24 heavy (non-hydrogen) atoms. The highest BCUT2D eigenvalue weighted by molar-refractivity contribution is 6.06. The number of imide groups is 1. The van der Waals surface area contributed by atoms with Gasteiger partial charge in [-0.3, -0.25) is 25.1 Å². The van der Waals surface area contributed by atoms with Crippen LogP contribution in [0.3, 0.4) is 0 Å². The number of nitrogens with one attached hydrogen (secondary N) is 4. The Hall–Kier alpha value is -3.27. The number of amides is 4. The summed E-state index contributed by atoms with van der Waals surface area (Å²) in [6.45, 7) is 1.56. The third kappa shape index (κ3) is 5.85. The summed E-state index contributed by atoms with van der Waals surface area (Å²) in [6.07, 6.45) is -0.635. The Labute approximate surface area is 136 Å². The summed E-state index contributed by atoms with van der Waals surface area (Å²) in [4.78, 5) is 45.1. The molecule has 0 saturated heterocycles. The molecule has 0 aromatic heterocycles. The minimum absolute atomic E-state index is 0.159. The molecule has 0 fully saturated rings. The number of hydrogen-bond acceptors (Lipinski definition) is 6. The molecular weight excluding hydrogens is 318 g/mol. The number of hydrazine groups is 1. The predicted molar refractivity (Wildman–Crippen MR) is 83.3 cm³/mol. The van der Waals surface area contributed by atoms with E-state index in [9.17, 15) is 19.2 Å². The average molecular weight is 335 g/mol. The normalized spacial score (nSPS) is 11.2. The highest BCUT2D eigenvalue weighted by Gasteiger charge is 2.20. The molecule has 1 aromatic rings. The van der Waals surface area contributed by atoms with Gasteiger partial charge in [-0.05, 0) is 24.6 Å². The minimum atomic E-state index is -1.33. The van der Waals surface area contributed by atoms with E-state index in [0.29, 0.717) is 5.56 Å². The van der Waals surface area contributed by atoms with Gasteiger partial charge < -0.3 is 16.2 Å². The van der Waals surface area contributed by atoms with Crippen molar-refractivity contribution < 1.29 is 24.3 Å². The number of hydrogen-bond donors (Lipinski definition) is 6. The number of benzene rings is 1. The van der Waals surface area contributed by atoms with Gasteiger partial charge in [0, 0.05) is 11.3 Å². The fraction of sp³-hybridized carbons (Fsp3) is 0.214. The minimum Gasteiger partial charge on any atom is -0.481 e. The van der Waals surface area contributed by atoms with Crippen molar-refractivity contribution in [2.45, 2.75) is 19.4 Å². The molecule has 0 aliphatic carbocycles. The predicted octanol–water partition coefficient (Wildman–Crippen LogP) is -0.653. The molecule has 0 saturated carbocycles. The molecule has 0 unspecified atom stereocenters. The lowest BCUT2D eigenvalue weighted by Gasteiger charge is -2.14. The van der Waals surface area contributed by atoms with Crippen LogP contribution in [0.5, 0.6) is 0 Å². The number of carboxylic acid groups (broad SMARTS) is 1. The molecular formula is C14H17N5O5. The van der Waals surface area contributed by atoms with Crippen LogP contribution in [0.2, 0.25) is 0 Å². The lowest BCUT2D eigenvalue weighted by atomic mass is 10.1. The highest BCUT2D eigenvalue weighted by Crippen LogP contribution is 2.05. The second-order valence-corrected chi connectivity index (χ2v) is 4.81. The number of carboxylic acids is 1. The largest absolute Gasteiger partial charge is 0.481 e. The van der Waals surface area contributed by atoms with Crippen molar-refractivity contribution in [3.63, 3.8) is 0 Å². The van der Waals surface area contributed by atoms with Gasteiger partial charge >= 0.3 is 12.0 Å². The Morgan fingerprint density at radius 3 is 2.42 bits per heavy atom. The third-order valence-corrected chi connectivity index (χ3v) is 2.87. The smallest absolute Gasteiger partial charge is 0.336 e. The van der Waals surface area contributed by atoms with E-state index in [-0.39, 0.29) is 11.3 Å². The van der Waals surface area contributed by atoms with E-state index in [1.165, 1.54) is 12.1 Å². The van der Waals surface area contributed by atoms with Gasteiger partial charge in [-0.15, -0.1) is 0 Å². The Balaban J connectivity index is 2.62. The average Bonchev–Trinajstić information content (AvgIpc) is 2.50. The Kier molecular flexibility index (Phi) is 6.56. The molecule has 0 radical (unpaired) electrons. The second-order valence-electron chi connectivity index (χ2n) is 4.81. The molecule has 0 aliphatic heterocycles. The summed E-state index contributed by atoms with van der Waals surface area (Å²) in [7, 11) is 0. The van der Waals surface area contributed by atoms with Crippen molar-refractivity contribution in [2.24, 2.45) is 5.73 Å². The Morgan fingerprint density at radius 1 is 1.25 bits per heavy atom. The molecule has 1 rings (SSSR count). The Bertz CT molecular complexity index is 688. The number of carbonyl (C=O) groups is 4. The van der Waals surface area contributed by atoms with Crippen LogP contribution in [0.25, 0.3) is 0 Å². The van der Waals surface area contributed by atoms with Crippen LogP contribution in [0.1, 0.15) is 29.3 Å². The van der Waals surface area contributed by atoms with E-state index in [1.54, 1.807) is 19.1 Å². The van der Waals surface area contributed by atoms with Crippen LogP contribution in [-0.2, 0) is 9.59 Å². The Morgan fingerprint density at radius 2 is 1.88 bits per heavy atom. The summed E-state index contributed by atoms with van der Waals surface area (Å²) in [5.74, 6) is -2.99. The third-order valence-electron chi connectivity index (χ3n) is 2.87. The van der Waals surface area contributed by atoms with Crippen molar-refractivity contribution in [3.05, 3.63) is 35.4 Å². The zero-order chi connectivity index (χ0) is 18.3. The summed E-state index contributed by atoms with van der Waals surface area (Å²) in [6, 6.07) is 3.79. The first-order valence-electron chi connectivity index (χ1n) is 6.74. The van der Waals surface area contributed by atoms with E-state index < -0.39 is 36.3 Å². The maximum Gasteiger partial charge on any atom is 0.336 e. The maximum atomic E-state index is 11.9. The number of nitrogens with two attached hydrogens (primary N) is 1. The molecule has 0 heterocycles. The lowest BCUT2D eigenvalue weighted by molar-refractivity contribution is -0.139. The van der Waals surface area contributed by atoms with Crippen molar-refractivity contribution in [1.82, 2.24) is 16.2 Å². The van der Waals surface area contributed by atoms with Crippen LogP contribution in [0.4, 0.5) is 4.79 Å². The summed E-state index contributed by atoms with van der Waals surface area (Å²) < 4.78 is 0. The van der Waals surface area contributed by atoms with Crippen molar-refractivity contribution in [3.8, 4) is 0 Å². The number of aliphatic carboxylic acids is 1. The van der Waals surface area contributed by atoms with Crippen LogP contribution < -0.4 is 21.9 Å². The van der Waals surface area contributed by atoms with E-state index >= 15 is 0 Å². The molecule has 1 atom stereocenters. The number of rotatable bonds is 7. The molecule has 7 N–H and O–H groups in total. The molecule has 0 aliphatic rings. The first-order chi connectivity index (χ1) is 11.2. The van der Waals surface area contributed by atoms with Crippen LogP contribution in [0.15, 0.2) is 24.3 Å². The van der Waals surface area contributed by atoms with Crippen molar-refractivity contribution in [1.29, 1.82) is 5.41 Å². The van der Waals surface area contributed by atoms with Gasteiger partial charge in [0.2, 0.25) is 5.91 Å². The lowest BCUT2D eigenvalue weighted by Crippen LogP contribution is -2.54. The van der Waals surface area contributed by atoms with Gasteiger partial charge in [-0.1, -0.05) is 12.1 Å². The van der Waals surface area contributed by atoms with E-state index in [2.05, 4.69) is 5.43 Å². The van der Waals surface area contributed by atoms with Crippen LogP contribution in [-0.4, -0.2) is 40.7 Å². The molecule has 10 nitrogen and oxygen atoms in total. The fourth-order valence-corrected chi connectivity index (χ4v) is 1.65. The SMILES string of the molecule is CC(=N)c1cccc(C(=O)NC(=O)NN[C@@H](CC(=O)O)C(N)=O)c1. The zero-order valence-electron chi connectivity index (χ0n) is 12.8. The van der Waals surface area contributed by atoms with E-state index in [1.807, 2.05) is 10.7 Å². The maximum absolute atomic E-state index is 11.9. The van der Waals surface area contributed by atoms with Crippen LogP contribution >= 0.6 is 0 Å². The number of primary amides is 1. The quantitative estimate of drug-likeness (QED) is 0.285. The summed E-state index contributed by atoms with van der Waals surface area (Å²) >= 11 is 0. The zero-order valence-corrected chi connectivity index (χ0v) is 12.8. The molecule has 128 valence electrons. The standard InChI is InChI=1S/C14H17N5O5/c1-7(15)8-3-2-4-9(5-8)13(23)17-14(24)19-18-10(12(16)22)6-11(20)21/h2-5,10,15,18H,6H2,1H3,(H2,16,22)(H,20,21)(H2,17,19,23,24)/t10-/m0/s1. The van der Waals surface area contributed by atoms with Crippen molar-refractivity contribution >= 4 is 29.5 Å². The number of carbonyl (C=O) groups excluding carboxylic acids is 3. The molecule has 0 bridgehead atoms. The molecule has 1 aromatic carbocycles. The first-order valence-corrected chi connectivity index (χ1v) is 6.74. The van der Waals surface area contributed by atoms with Gasteiger partial charge in [0.15, 0.2) is 0 Å². The molecule has 10 heteroatoms. The molecule has 4 amide bonds. The van der Waals surface area contributed by atoms with E-state index in [0.717, 1.165) is 0 Å². The fourth-order valence-electron chi connectivity index (χ4n) is 1.65. The van der Waals surface area contributed by atoms with Gasteiger partial charge in [0.25, 0.3) is 5.91 Å². The second kappa shape index (κ2) is 8.39. The topological polar surface area (TPSA) is 174 Å². The first kappa shape index (κ1) is 18.8. The van der Waals surface area contributed by atoms with Crippen LogP contribution in [0, 0.1) is 5.41 Å². The van der Waals surface area contributed by atoms with Gasteiger partial charge in [-0.2, -0.15) is 0 Å².